The van der Waals surface area contributed by atoms with Crippen molar-refractivity contribution < 1.29 is 4.42 Å². The average Bonchev–Trinajstić information content (AvgIpc) is 3.77. The van der Waals surface area contributed by atoms with Gasteiger partial charge in [-0.3, -0.25) is 0 Å². The summed E-state index contributed by atoms with van der Waals surface area (Å²) in [5.41, 5.74) is 10.7. The lowest BCUT2D eigenvalue weighted by Crippen LogP contribution is -2.09. The summed E-state index contributed by atoms with van der Waals surface area (Å²) in [7, 11) is 0. The van der Waals surface area contributed by atoms with Crippen molar-refractivity contribution in [3.8, 4) is 11.1 Å². The third-order valence-corrected chi connectivity index (χ3v) is 11.0. The monoisotopic (exact) mass is 684 g/mol. The van der Waals surface area contributed by atoms with Crippen molar-refractivity contribution in [2.24, 2.45) is 0 Å². The largest absolute Gasteiger partial charge is 0.456 e. The molecule has 10 rings (SSSR count). The molecule has 0 spiro atoms. The van der Waals surface area contributed by atoms with Crippen molar-refractivity contribution in [1.82, 2.24) is 0 Å². The molecule has 3 nitrogen and oxygen atoms in total. The maximum Gasteiger partial charge on any atom is 0.137 e. The van der Waals surface area contributed by atoms with Crippen LogP contribution in [0.5, 0.6) is 0 Å². The van der Waals surface area contributed by atoms with Gasteiger partial charge >= 0.3 is 0 Å². The number of thiophene rings is 1. The third kappa shape index (κ3) is 5.29. The molecule has 0 bridgehead atoms. The Balaban J connectivity index is 1.02. The summed E-state index contributed by atoms with van der Waals surface area (Å²) in [5.74, 6) is 0. The number of fused-ring (bicyclic) bond motifs is 6. The Morgan fingerprint density at radius 3 is 1.52 bits per heavy atom. The van der Waals surface area contributed by atoms with Gasteiger partial charge in [-0.1, -0.05) is 91.0 Å². The number of hydrogen-bond acceptors (Lipinski definition) is 4. The van der Waals surface area contributed by atoms with Gasteiger partial charge in [0, 0.05) is 71.1 Å². The topological polar surface area (TPSA) is 19.6 Å². The average molecular weight is 685 g/mol. The van der Waals surface area contributed by atoms with Crippen LogP contribution >= 0.6 is 11.3 Å². The number of para-hydroxylation sites is 3. The van der Waals surface area contributed by atoms with E-state index in [4.69, 9.17) is 4.42 Å². The number of rotatable bonds is 7. The van der Waals surface area contributed by atoms with Gasteiger partial charge in [0.25, 0.3) is 0 Å². The van der Waals surface area contributed by atoms with Gasteiger partial charge in [0.1, 0.15) is 11.2 Å². The van der Waals surface area contributed by atoms with E-state index in [9.17, 15) is 0 Å². The molecule has 0 atom stereocenters. The standard InChI is InChI=1S/C48H32N2OS/c1-4-12-35(13-5-1)49(36-14-6-2-7-15-36)38-23-20-33(21-24-38)34-22-28-45-43(30-34)41-27-25-40(32-46(41)51-45)50(37-16-8-3-9-17-37)39-26-29-48-44(31-39)42-18-10-11-19-47(42)52-48/h1-32H. The van der Waals surface area contributed by atoms with Crippen LogP contribution in [0.3, 0.4) is 0 Å². The second-order valence-corrected chi connectivity index (χ2v) is 14.1. The SMILES string of the molecule is c1ccc(N(c2ccccc2)c2ccc(-c3ccc4oc5cc(N(c6ccccc6)c6ccc7sc8ccccc8c7c6)ccc5c4c3)cc2)cc1. The van der Waals surface area contributed by atoms with Crippen molar-refractivity contribution in [1.29, 1.82) is 0 Å². The molecule has 0 aliphatic carbocycles. The van der Waals surface area contributed by atoms with E-state index in [1.807, 2.05) is 11.3 Å². The zero-order valence-corrected chi connectivity index (χ0v) is 29.0. The summed E-state index contributed by atoms with van der Waals surface area (Å²) in [6.45, 7) is 0. The van der Waals surface area contributed by atoms with E-state index in [2.05, 4.69) is 204 Å². The van der Waals surface area contributed by atoms with Crippen LogP contribution < -0.4 is 9.80 Å². The first-order chi connectivity index (χ1) is 25.8. The molecule has 246 valence electrons. The molecule has 0 radical (unpaired) electrons. The molecule has 52 heavy (non-hydrogen) atoms. The number of benzene rings is 8. The fourth-order valence-corrected chi connectivity index (χ4v) is 8.45. The van der Waals surface area contributed by atoms with Gasteiger partial charge < -0.3 is 14.2 Å². The molecule has 4 heteroatoms. The first-order valence-electron chi connectivity index (χ1n) is 17.5. The molecule has 0 amide bonds. The van der Waals surface area contributed by atoms with E-state index in [1.165, 1.54) is 20.2 Å². The summed E-state index contributed by atoms with van der Waals surface area (Å²) in [5, 5.41) is 4.78. The minimum atomic E-state index is 0.865. The van der Waals surface area contributed by atoms with Crippen molar-refractivity contribution >= 4 is 87.6 Å². The van der Waals surface area contributed by atoms with Crippen LogP contribution in [0.2, 0.25) is 0 Å². The molecule has 2 aromatic heterocycles. The molecular weight excluding hydrogens is 653 g/mol. The number of furan rings is 1. The lowest BCUT2D eigenvalue weighted by molar-refractivity contribution is 0.669. The van der Waals surface area contributed by atoms with E-state index >= 15 is 0 Å². The van der Waals surface area contributed by atoms with Crippen LogP contribution in [0.25, 0.3) is 53.2 Å². The highest BCUT2D eigenvalue weighted by atomic mass is 32.1. The van der Waals surface area contributed by atoms with Crippen molar-refractivity contribution in [2.45, 2.75) is 0 Å². The number of nitrogens with zero attached hydrogens (tertiary/aromatic N) is 2. The van der Waals surface area contributed by atoms with Crippen LogP contribution in [0.1, 0.15) is 0 Å². The van der Waals surface area contributed by atoms with E-state index in [0.717, 1.165) is 67.2 Å². The third-order valence-electron chi connectivity index (χ3n) is 9.83. The fraction of sp³-hybridized carbons (Fsp3) is 0. The van der Waals surface area contributed by atoms with Crippen LogP contribution in [-0.4, -0.2) is 0 Å². The molecule has 0 aliphatic heterocycles. The second kappa shape index (κ2) is 12.6. The van der Waals surface area contributed by atoms with Crippen LogP contribution in [0.4, 0.5) is 34.1 Å². The number of hydrogen-bond donors (Lipinski definition) is 0. The maximum absolute atomic E-state index is 6.54. The van der Waals surface area contributed by atoms with Crippen molar-refractivity contribution in [3.63, 3.8) is 0 Å². The minimum Gasteiger partial charge on any atom is -0.456 e. The van der Waals surface area contributed by atoms with Gasteiger partial charge in [0.15, 0.2) is 0 Å². The lowest BCUT2D eigenvalue weighted by atomic mass is 10.0. The summed E-state index contributed by atoms with van der Waals surface area (Å²) in [6.07, 6.45) is 0. The smallest absolute Gasteiger partial charge is 0.137 e. The Kier molecular flexibility index (Phi) is 7.33. The highest BCUT2D eigenvalue weighted by Gasteiger charge is 2.18. The lowest BCUT2D eigenvalue weighted by Gasteiger charge is -2.25. The Hall–Kier alpha value is -6.62. The first-order valence-corrected chi connectivity index (χ1v) is 18.3. The molecule has 0 fully saturated rings. The van der Waals surface area contributed by atoms with Gasteiger partial charge in [-0.15, -0.1) is 11.3 Å². The normalized spacial score (nSPS) is 11.5. The summed E-state index contributed by atoms with van der Waals surface area (Å²) in [6, 6.07) is 69.0. The van der Waals surface area contributed by atoms with Crippen LogP contribution in [-0.2, 0) is 0 Å². The van der Waals surface area contributed by atoms with E-state index in [-0.39, 0.29) is 0 Å². The highest BCUT2D eigenvalue weighted by Crippen LogP contribution is 2.43. The summed E-state index contributed by atoms with van der Waals surface area (Å²) in [4.78, 5) is 4.60. The molecule has 10 aromatic rings. The molecule has 8 aromatic carbocycles. The van der Waals surface area contributed by atoms with Gasteiger partial charge in [0.2, 0.25) is 0 Å². The molecule has 0 N–H and O–H groups in total. The van der Waals surface area contributed by atoms with E-state index in [0.29, 0.717) is 0 Å². The minimum absolute atomic E-state index is 0.865. The van der Waals surface area contributed by atoms with E-state index < -0.39 is 0 Å². The van der Waals surface area contributed by atoms with Gasteiger partial charge in [0.05, 0.1) is 0 Å². The predicted octanol–water partition coefficient (Wildman–Crippen LogP) is 14.6. The summed E-state index contributed by atoms with van der Waals surface area (Å²) < 4.78 is 9.14. The predicted molar refractivity (Wildman–Crippen MR) is 221 cm³/mol. The molecule has 0 saturated carbocycles. The number of anilines is 6. The van der Waals surface area contributed by atoms with E-state index in [1.54, 1.807) is 0 Å². The van der Waals surface area contributed by atoms with Crippen LogP contribution in [0, 0.1) is 0 Å². The van der Waals surface area contributed by atoms with Gasteiger partial charge in [-0.05, 0) is 108 Å². The zero-order chi connectivity index (χ0) is 34.4. The van der Waals surface area contributed by atoms with Crippen molar-refractivity contribution in [2.75, 3.05) is 9.80 Å². The highest BCUT2D eigenvalue weighted by molar-refractivity contribution is 7.25. The molecule has 0 saturated heterocycles. The Labute approximate surface area is 305 Å². The molecule has 0 aliphatic rings. The van der Waals surface area contributed by atoms with Crippen molar-refractivity contribution in [3.05, 3.63) is 194 Å². The molecule has 0 unspecified atom stereocenters. The van der Waals surface area contributed by atoms with Gasteiger partial charge in [-0.2, -0.15) is 0 Å². The fourth-order valence-electron chi connectivity index (χ4n) is 7.37. The Morgan fingerprint density at radius 1 is 0.308 bits per heavy atom. The summed E-state index contributed by atoms with van der Waals surface area (Å²) >= 11 is 1.84. The second-order valence-electron chi connectivity index (χ2n) is 13.0. The maximum atomic E-state index is 6.54. The Bertz CT molecular complexity index is 2800. The Morgan fingerprint density at radius 2 is 0.827 bits per heavy atom. The van der Waals surface area contributed by atoms with Gasteiger partial charge in [-0.25, -0.2) is 0 Å². The zero-order valence-electron chi connectivity index (χ0n) is 28.2. The molecule has 2 heterocycles. The van der Waals surface area contributed by atoms with Crippen LogP contribution in [0.15, 0.2) is 199 Å². The first kappa shape index (κ1) is 30.2. The quantitative estimate of drug-likeness (QED) is 0.167. The molecular formula is C48H32N2OS.